The van der Waals surface area contributed by atoms with Gasteiger partial charge in [-0.1, -0.05) is 48.0 Å². The van der Waals surface area contributed by atoms with Gasteiger partial charge in [-0.15, -0.1) is 0 Å². The summed E-state index contributed by atoms with van der Waals surface area (Å²) in [5.74, 6) is -0.165. The molecule has 0 spiro atoms. The van der Waals surface area contributed by atoms with E-state index in [9.17, 15) is 9.59 Å². The van der Waals surface area contributed by atoms with E-state index in [4.69, 9.17) is 21.4 Å². The summed E-state index contributed by atoms with van der Waals surface area (Å²) in [5, 5.41) is 10.4. The third-order valence-corrected chi connectivity index (χ3v) is 5.24. The molecule has 0 atom stereocenters. The molecule has 0 saturated carbocycles. The number of aliphatic carboxylic acids is 1. The highest BCUT2D eigenvalue weighted by Gasteiger charge is 2.11. The molecule has 0 unspecified atom stereocenters. The molecule has 0 aliphatic heterocycles. The topological polar surface area (TPSA) is 79.4 Å². The van der Waals surface area contributed by atoms with Crippen LogP contribution in [0.1, 0.15) is 5.56 Å². The first-order chi connectivity index (χ1) is 14.4. The van der Waals surface area contributed by atoms with Gasteiger partial charge < -0.3 is 14.8 Å². The van der Waals surface area contributed by atoms with E-state index in [1.807, 2.05) is 30.3 Å². The van der Waals surface area contributed by atoms with Crippen molar-refractivity contribution in [1.82, 2.24) is 4.98 Å². The largest absolute Gasteiger partial charge is 0.497 e. The van der Waals surface area contributed by atoms with Gasteiger partial charge in [-0.2, -0.15) is 0 Å². The first kappa shape index (κ1) is 19.7. The summed E-state index contributed by atoms with van der Waals surface area (Å²) in [4.78, 5) is 26.6. The number of nitrogens with one attached hydrogen (secondary N) is 1. The molecule has 4 rings (SSSR count). The number of carboxylic acids is 1. The van der Waals surface area contributed by atoms with Crippen LogP contribution in [0.2, 0.25) is 5.02 Å². The van der Waals surface area contributed by atoms with E-state index in [0.29, 0.717) is 27.2 Å². The first-order valence-electron chi connectivity index (χ1n) is 9.27. The quantitative estimate of drug-likeness (QED) is 0.468. The number of pyridine rings is 1. The van der Waals surface area contributed by atoms with E-state index in [-0.39, 0.29) is 12.0 Å². The van der Waals surface area contributed by atoms with Crippen molar-refractivity contribution in [2.45, 2.75) is 6.42 Å². The highest BCUT2D eigenvalue weighted by atomic mass is 35.5. The normalized spacial score (nSPS) is 10.9. The van der Waals surface area contributed by atoms with Crippen molar-refractivity contribution in [3.05, 3.63) is 87.7 Å². The number of benzene rings is 3. The lowest BCUT2D eigenvalue weighted by atomic mass is 9.99. The van der Waals surface area contributed by atoms with E-state index >= 15 is 0 Å². The zero-order valence-electron chi connectivity index (χ0n) is 16.1. The van der Waals surface area contributed by atoms with Crippen LogP contribution in [0.5, 0.6) is 5.75 Å². The highest BCUT2D eigenvalue weighted by molar-refractivity contribution is 6.34. The Kier molecular flexibility index (Phi) is 5.29. The number of hydrogen-bond acceptors (Lipinski definition) is 3. The molecule has 0 saturated heterocycles. The second-order valence-electron chi connectivity index (χ2n) is 6.93. The van der Waals surface area contributed by atoms with Gasteiger partial charge in [-0.3, -0.25) is 9.59 Å². The zero-order chi connectivity index (χ0) is 21.3. The lowest BCUT2D eigenvalue weighted by Crippen LogP contribution is -2.09. The number of fused-ring (bicyclic) bond motifs is 1. The second-order valence-corrected chi connectivity index (χ2v) is 7.34. The van der Waals surface area contributed by atoms with E-state index in [1.54, 1.807) is 43.5 Å². The molecule has 0 radical (unpaired) electrons. The molecule has 0 bridgehead atoms. The number of carbonyl (C=O) groups is 1. The van der Waals surface area contributed by atoms with Crippen LogP contribution in [0.3, 0.4) is 0 Å². The summed E-state index contributed by atoms with van der Waals surface area (Å²) in [6.45, 7) is 0. The van der Waals surface area contributed by atoms with Crippen LogP contribution >= 0.6 is 11.6 Å². The van der Waals surface area contributed by atoms with Crippen molar-refractivity contribution in [1.29, 1.82) is 0 Å². The summed E-state index contributed by atoms with van der Waals surface area (Å²) < 4.78 is 5.21. The van der Waals surface area contributed by atoms with Gasteiger partial charge in [0.05, 0.1) is 18.6 Å². The van der Waals surface area contributed by atoms with Crippen LogP contribution in [0.4, 0.5) is 0 Å². The van der Waals surface area contributed by atoms with Gasteiger partial charge in [0.2, 0.25) is 0 Å². The summed E-state index contributed by atoms with van der Waals surface area (Å²) in [5.41, 5.74) is 3.91. The number of hydrogen-bond donors (Lipinski definition) is 2. The fourth-order valence-corrected chi connectivity index (χ4v) is 3.73. The Morgan fingerprint density at radius 1 is 1.00 bits per heavy atom. The van der Waals surface area contributed by atoms with E-state index in [0.717, 1.165) is 22.3 Å². The molecule has 1 aromatic heterocycles. The van der Waals surface area contributed by atoms with Gasteiger partial charge in [0.15, 0.2) is 0 Å². The Balaban J connectivity index is 1.83. The Bertz CT molecular complexity index is 1310. The van der Waals surface area contributed by atoms with Gasteiger partial charge in [0, 0.05) is 16.6 Å². The number of halogens is 1. The van der Waals surface area contributed by atoms with E-state index < -0.39 is 5.97 Å². The Hall–Kier alpha value is -3.57. The van der Waals surface area contributed by atoms with Crippen molar-refractivity contribution in [3.63, 3.8) is 0 Å². The molecule has 0 aliphatic rings. The van der Waals surface area contributed by atoms with E-state index in [2.05, 4.69) is 4.98 Å². The van der Waals surface area contributed by atoms with Crippen LogP contribution < -0.4 is 10.3 Å². The van der Waals surface area contributed by atoms with Crippen molar-refractivity contribution >= 4 is 28.5 Å². The van der Waals surface area contributed by atoms with Gasteiger partial charge in [0.25, 0.3) is 5.56 Å². The molecule has 4 aromatic rings. The molecular weight excluding hydrogens is 402 g/mol. The number of methoxy groups -OCH3 is 1. The number of carboxylic acid groups (broad SMARTS) is 1. The highest BCUT2D eigenvalue weighted by Crippen LogP contribution is 2.33. The summed E-state index contributed by atoms with van der Waals surface area (Å²) in [6.07, 6.45) is -0.101. The predicted molar refractivity (Wildman–Crippen MR) is 118 cm³/mol. The number of H-pyrrole nitrogens is 1. The lowest BCUT2D eigenvalue weighted by Gasteiger charge is -2.10. The fourth-order valence-electron chi connectivity index (χ4n) is 3.46. The minimum Gasteiger partial charge on any atom is -0.497 e. The molecule has 1 heterocycles. The monoisotopic (exact) mass is 419 g/mol. The van der Waals surface area contributed by atoms with Gasteiger partial charge in [-0.05, 0) is 52.4 Å². The lowest BCUT2D eigenvalue weighted by molar-refractivity contribution is -0.136. The molecule has 6 heteroatoms. The number of rotatable bonds is 5. The minimum atomic E-state index is -0.918. The molecule has 0 aliphatic carbocycles. The maximum absolute atomic E-state index is 12.7. The van der Waals surface area contributed by atoms with Crippen LogP contribution in [0.25, 0.3) is 33.2 Å². The van der Waals surface area contributed by atoms with Crippen molar-refractivity contribution in [3.8, 4) is 28.0 Å². The molecule has 2 N–H and O–H groups in total. The molecule has 150 valence electrons. The molecule has 0 amide bonds. The molecule has 3 aromatic carbocycles. The molecule has 30 heavy (non-hydrogen) atoms. The molecular formula is C24H18ClNO4. The third kappa shape index (κ3) is 3.93. The van der Waals surface area contributed by atoms with Gasteiger partial charge in [0.1, 0.15) is 5.75 Å². The number of aromatic nitrogens is 1. The summed E-state index contributed by atoms with van der Waals surface area (Å²) in [6, 6.07) is 20.1. The van der Waals surface area contributed by atoms with Gasteiger partial charge in [-0.25, -0.2) is 0 Å². The van der Waals surface area contributed by atoms with Crippen LogP contribution in [-0.2, 0) is 11.2 Å². The maximum Gasteiger partial charge on any atom is 0.307 e. The maximum atomic E-state index is 12.7. The second kappa shape index (κ2) is 8.05. The summed E-state index contributed by atoms with van der Waals surface area (Å²) >= 11 is 6.48. The number of ether oxygens (including phenoxy) is 1. The first-order valence-corrected chi connectivity index (χ1v) is 9.64. The summed E-state index contributed by atoms with van der Waals surface area (Å²) in [7, 11) is 1.61. The van der Waals surface area contributed by atoms with Crippen molar-refractivity contribution in [2.75, 3.05) is 7.11 Å². The van der Waals surface area contributed by atoms with E-state index in [1.165, 1.54) is 0 Å². The van der Waals surface area contributed by atoms with Crippen LogP contribution in [-0.4, -0.2) is 23.2 Å². The third-order valence-electron chi connectivity index (χ3n) is 4.93. The Morgan fingerprint density at radius 3 is 2.43 bits per heavy atom. The number of aromatic amines is 1. The zero-order valence-corrected chi connectivity index (χ0v) is 16.9. The standard InChI is InChI=1S/C24H18ClNO4/c1-30-18-7-5-15(6-8-18)19-11-17-12-20(24(29)26-22(17)13-21(19)25)16-4-2-3-14(9-16)10-23(27)28/h2-9,11-13H,10H2,1H3,(H,26,29)(H,27,28). The Labute approximate surface area is 177 Å². The SMILES string of the molecule is COc1ccc(-c2cc3cc(-c4cccc(CC(=O)O)c4)c(=O)[nH]c3cc2Cl)cc1. The average molecular weight is 420 g/mol. The fraction of sp³-hybridized carbons (Fsp3) is 0.0833. The molecule has 5 nitrogen and oxygen atoms in total. The van der Waals surface area contributed by atoms with Crippen LogP contribution in [0, 0.1) is 0 Å². The predicted octanol–water partition coefficient (Wildman–Crippen LogP) is 5.15. The average Bonchev–Trinajstić information content (AvgIpc) is 2.73. The van der Waals surface area contributed by atoms with Crippen molar-refractivity contribution in [2.24, 2.45) is 0 Å². The minimum absolute atomic E-state index is 0.101. The van der Waals surface area contributed by atoms with Crippen LogP contribution in [0.15, 0.2) is 71.5 Å². The van der Waals surface area contributed by atoms with Crippen molar-refractivity contribution < 1.29 is 14.6 Å². The van der Waals surface area contributed by atoms with Gasteiger partial charge >= 0.3 is 5.97 Å². The Morgan fingerprint density at radius 2 is 1.73 bits per heavy atom. The molecule has 0 fully saturated rings. The smallest absolute Gasteiger partial charge is 0.307 e.